The van der Waals surface area contributed by atoms with Gasteiger partial charge in [0.1, 0.15) is 17.4 Å². The largest absolute Gasteiger partial charge is 0.482 e. The van der Waals surface area contributed by atoms with E-state index in [0.717, 1.165) is 12.1 Å². The van der Waals surface area contributed by atoms with Gasteiger partial charge in [0.05, 0.1) is 11.3 Å². The maximum absolute atomic E-state index is 13.5. The van der Waals surface area contributed by atoms with Crippen LogP contribution in [0.15, 0.2) is 36.4 Å². The molecule has 2 amide bonds. The van der Waals surface area contributed by atoms with Gasteiger partial charge in [0, 0.05) is 17.8 Å². The van der Waals surface area contributed by atoms with Crippen LogP contribution in [0.2, 0.25) is 0 Å². The Labute approximate surface area is 123 Å². The predicted molar refractivity (Wildman–Crippen MR) is 74.9 cm³/mol. The van der Waals surface area contributed by atoms with Gasteiger partial charge in [-0.15, -0.1) is 0 Å². The molecule has 1 aliphatic rings. The molecule has 0 aromatic heterocycles. The number of amides is 2. The second-order valence-electron chi connectivity index (χ2n) is 4.63. The first kappa shape index (κ1) is 14.0. The van der Waals surface area contributed by atoms with Crippen LogP contribution in [-0.4, -0.2) is 18.4 Å². The predicted octanol–water partition coefficient (Wildman–Crippen LogP) is 2.55. The first-order valence-corrected chi connectivity index (χ1v) is 6.36. The van der Waals surface area contributed by atoms with Gasteiger partial charge in [-0.2, -0.15) is 0 Å². The molecule has 22 heavy (non-hydrogen) atoms. The van der Waals surface area contributed by atoms with Crippen molar-refractivity contribution in [2.24, 2.45) is 0 Å². The maximum atomic E-state index is 13.5. The number of rotatable bonds is 2. The van der Waals surface area contributed by atoms with Gasteiger partial charge < -0.3 is 15.4 Å². The van der Waals surface area contributed by atoms with E-state index in [9.17, 15) is 18.4 Å². The molecule has 7 heteroatoms. The van der Waals surface area contributed by atoms with Crippen LogP contribution in [0.3, 0.4) is 0 Å². The third-order valence-electron chi connectivity index (χ3n) is 3.05. The van der Waals surface area contributed by atoms with E-state index in [1.54, 1.807) is 6.07 Å². The van der Waals surface area contributed by atoms with E-state index < -0.39 is 17.5 Å². The molecule has 0 radical (unpaired) electrons. The molecule has 0 atom stereocenters. The van der Waals surface area contributed by atoms with Crippen molar-refractivity contribution in [1.82, 2.24) is 0 Å². The van der Waals surface area contributed by atoms with Crippen LogP contribution in [0, 0.1) is 11.6 Å². The number of hydrogen-bond donors (Lipinski definition) is 2. The Balaban J connectivity index is 1.81. The van der Waals surface area contributed by atoms with Gasteiger partial charge in [-0.05, 0) is 24.3 Å². The fourth-order valence-electron chi connectivity index (χ4n) is 2.02. The smallest absolute Gasteiger partial charge is 0.262 e. The second kappa shape index (κ2) is 5.44. The van der Waals surface area contributed by atoms with E-state index in [-0.39, 0.29) is 18.1 Å². The molecule has 0 saturated carbocycles. The highest BCUT2D eigenvalue weighted by molar-refractivity contribution is 6.05. The number of carbonyl (C=O) groups excluding carboxylic acids is 2. The quantitative estimate of drug-likeness (QED) is 0.896. The minimum atomic E-state index is -0.945. The summed E-state index contributed by atoms with van der Waals surface area (Å²) in [6.07, 6.45) is 0. The van der Waals surface area contributed by atoms with Gasteiger partial charge in [0.15, 0.2) is 6.61 Å². The van der Waals surface area contributed by atoms with Crippen molar-refractivity contribution < 1.29 is 23.1 Å². The van der Waals surface area contributed by atoms with Crippen molar-refractivity contribution in [2.75, 3.05) is 17.2 Å². The average Bonchev–Trinajstić information content (AvgIpc) is 2.47. The molecular formula is C15H10F2N2O3. The van der Waals surface area contributed by atoms with Crippen LogP contribution < -0.4 is 15.4 Å². The van der Waals surface area contributed by atoms with Gasteiger partial charge in [-0.25, -0.2) is 8.78 Å². The minimum absolute atomic E-state index is 0.114. The van der Waals surface area contributed by atoms with Crippen LogP contribution in [0.5, 0.6) is 5.75 Å². The van der Waals surface area contributed by atoms with Crippen molar-refractivity contribution >= 4 is 23.2 Å². The summed E-state index contributed by atoms with van der Waals surface area (Å²) < 4.78 is 31.6. The van der Waals surface area contributed by atoms with Crippen LogP contribution in [0.25, 0.3) is 0 Å². The zero-order valence-electron chi connectivity index (χ0n) is 11.2. The normalized spacial score (nSPS) is 12.9. The Kier molecular flexibility index (Phi) is 3.46. The summed E-state index contributed by atoms with van der Waals surface area (Å²) in [5.74, 6) is -2.28. The lowest BCUT2D eigenvalue weighted by molar-refractivity contribution is -0.118. The second-order valence-corrected chi connectivity index (χ2v) is 4.63. The zero-order valence-corrected chi connectivity index (χ0v) is 11.2. The number of halogens is 2. The van der Waals surface area contributed by atoms with E-state index in [2.05, 4.69) is 10.6 Å². The highest BCUT2D eigenvalue weighted by Crippen LogP contribution is 2.30. The van der Waals surface area contributed by atoms with E-state index in [0.29, 0.717) is 23.2 Å². The number of hydrogen-bond acceptors (Lipinski definition) is 3. The third-order valence-corrected chi connectivity index (χ3v) is 3.05. The molecule has 5 nitrogen and oxygen atoms in total. The topological polar surface area (TPSA) is 67.4 Å². The lowest BCUT2D eigenvalue weighted by Crippen LogP contribution is -2.25. The maximum Gasteiger partial charge on any atom is 0.262 e. The lowest BCUT2D eigenvalue weighted by Gasteiger charge is -2.18. The number of carbonyl (C=O) groups is 2. The summed E-state index contributed by atoms with van der Waals surface area (Å²) in [6, 6.07) is 7.31. The molecule has 0 fully saturated rings. The highest BCUT2D eigenvalue weighted by Gasteiger charge is 2.17. The minimum Gasteiger partial charge on any atom is -0.482 e. The van der Waals surface area contributed by atoms with Gasteiger partial charge in [-0.1, -0.05) is 0 Å². The van der Waals surface area contributed by atoms with Gasteiger partial charge in [-0.3, -0.25) is 9.59 Å². The zero-order chi connectivity index (χ0) is 15.7. The van der Waals surface area contributed by atoms with E-state index in [1.165, 1.54) is 12.1 Å². The molecule has 1 aliphatic heterocycles. The molecule has 1 heterocycles. The van der Waals surface area contributed by atoms with Crippen molar-refractivity contribution in [3.8, 4) is 5.75 Å². The third kappa shape index (κ3) is 2.73. The fraction of sp³-hybridized carbons (Fsp3) is 0.0667. The summed E-state index contributed by atoms with van der Waals surface area (Å²) >= 11 is 0. The van der Waals surface area contributed by atoms with Crippen molar-refractivity contribution in [3.05, 3.63) is 53.6 Å². The Morgan fingerprint density at radius 2 is 2.00 bits per heavy atom. The average molecular weight is 304 g/mol. The van der Waals surface area contributed by atoms with E-state index in [1.807, 2.05) is 0 Å². The number of ether oxygens (including phenoxy) is 1. The molecule has 2 aromatic carbocycles. The molecule has 2 aromatic rings. The van der Waals surface area contributed by atoms with Gasteiger partial charge in [0.2, 0.25) is 0 Å². The van der Waals surface area contributed by atoms with Crippen molar-refractivity contribution in [2.45, 2.75) is 0 Å². The lowest BCUT2D eigenvalue weighted by atomic mass is 10.1. The van der Waals surface area contributed by atoms with Gasteiger partial charge in [0.25, 0.3) is 11.8 Å². The summed E-state index contributed by atoms with van der Waals surface area (Å²) in [4.78, 5) is 23.1. The highest BCUT2D eigenvalue weighted by atomic mass is 19.1. The Morgan fingerprint density at radius 1 is 1.18 bits per heavy atom. The molecular weight excluding hydrogens is 294 g/mol. The molecule has 0 unspecified atom stereocenters. The molecule has 0 saturated heterocycles. The van der Waals surface area contributed by atoms with Crippen LogP contribution in [-0.2, 0) is 4.79 Å². The summed E-state index contributed by atoms with van der Waals surface area (Å²) in [5, 5.41) is 5.09. The molecule has 0 spiro atoms. The Hall–Kier alpha value is -2.96. The number of nitrogens with one attached hydrogen (secondary N) is 2. The monoisotopic (exact) mass is 304 g/mol. The molecule has 3 rings (SSSR count). The van der Waals surface area contributed by atoms with Crippen LogP contribution in [0.4, 0.5) is 20.2 Å². The summed E-state index contributed by atoms with van der Waals surface area (Å²) in [7, 11) is 0. The number of benzene rings is 2. The Bertz CT molecular complexity index is 777. The first-order chi connectivity index (χ1) is 10.5. The standard InChI is InChI=1S/C15H10F2N2O3/c16-8-1-3-10(11(17)5-8)15(21)18-9-2-4-12-13(6-9)22-7-14(20)19-12/h1-6H,7H2,(H,18,21)(H,19,20). The molecule has 0 aliphatic carbocycles. The van der Waals surface area contributed by atoms with Crippen LogP contribution in [0.1, 0.15) is 10.4 Å². The van der Waals surface area contributed by atoms with Crippen LogP contribution >= 0.6 is 0 Å². The van der Waals surface area contributed by atoms with E-state index >= 15 is 0 Å². The van der Waals surface area contributed by atoms with Gasteiger partial charge >= 0.3 is 0 Å². The first-order valence-electron chi connectivity index (χ1n) is 6.36. The number of fused-ring (bicyclic) bond motifs is 1. The van der Waals surface area contributed by atoms with Crippen molar-refractivity contribution in [3.63, 3.8) is 0 Å². The Morgan fingerprint density at radius 3 is 2.77 bits per heavy atom. The SMILES string of the molecule is O=C1COc2cc(NC(=O)c3ccc(F)cc3F)ccc2N1. The molecule has 2 N–H and O–H groups in total. The fourth-order valence-corrected chi connectivity index (χ4v) is 2.02. The number of anilines is 2. The summed E-state index contributed by atoms with van der Waals surface area (Å²) in [6.45, 7) is -0.114. The van der Waals surface area contributed by atoms with E-state index in [4.69, 9.17) is 4.74 Å². The summed E-state index contributed by atoms with van der Waals surface area (Å²) in [5.41, 5.74) is 0.583. The molecule has 0 bridgehead atoms. The van der Waals surface area contributed by atoms with Crippen molar-refractivity contribution in [1.29, 1.82) is 0 Å². The molecule has 112 valence electrons.